The SMILES string of the molecule is CCCOCCN(CCOCCOCCO)c1ccc(C(Nc2ccccc2)(c2ccc(N(C)C)cc2)c2ccc(N(CCOCCO)CCOCCOCCO)cc2)cc1. The first-order valence-electron chi connectivity index (χ1n) is 21.6. The zero-order chi connectivity index (χ0) is 43.4. The standard InChI is InChI=1S/C48H70N4O9/c1-4-29-56-30-22-51(24-32-58-37-39-60-35-27-54)46-18-12-42(13-19-46)48(49-44-8-6-5-7-9-44,41-10-16-45(17-11-41)50(2)3)43-14-20-47(21-15-43)52(23-31-57-34-26-53)25-33-59-38-40-61-36-28-55/h5-21,49,53-55H,4,22-40H2,1-3H3. The summed E-state index contributed by atoms with van der Waals surface area (Å²) >= 11 is 0. The summed E-state index contributed by atoms with van der Waals surface area (Å²) in [6, 6.07) is 36.6. The van der Waals surface area contributed by atoms with Crippen LogP contribution >= 0.6 is 0 Å². The van der Waals surface area contributed by atoms with Gasteiger partial charge in [0.25, 0.3) is 0 Å². The lowest BCUT2D eigenvalue weighted by atomic mass is 9.76. The summed E-state index contributed by atoms with van der Waals surface area (Å²) in [5, 5.41) is 31.3. The first kappa shape index (κ1) is 49.4. The van der Waals surface area contributed by atoms with Gasteiger partial charge >= 0.3 is 0 Å². The third kappa shape index (κ3) is 16.5. The van der Waals surface area contributed by atoms with Crippen molar-refractivity contribution in [2.24, 2.45) is 0 Å². The number of para-hydroxylation sites is 1. The van der Waals surface area contributed by atoms with Gasteiger partial charge in [0, 0.05) is 69.6 Å². The third-order valence-electron chi connectivity index (χ3n) is 10.1. The number of hydrogen-bond acceptors (Lipinski definition) is 13. The molecule has 0 fully saturated rings. The summed E-state index contributed by atoms with van der Waals surface area (Å²) in [5.74, 6) is 0. The smallest absolute Gasteiger partial charge is 0.114 e. The second-order valence-corrected chi connectivity index (χ2v) is 14.6. The van der Waals surface area contributed by atoms with Crippen molar-refractivity contribution >= 4 is 22.7 Å². The first-order valence-corrected chi connectivity index (χ1v) is 21.6. The van der Waals surface area contributed by atoms with Gasteiger partial charge < -0.3 is 63.8 Å². The van der Waals surface area contributed by atoms with Crippen LogP contribution in [0.4, 0.5) is 22.7 Å². The van der Waals surface area contributed by atoms with Crippen molar-refractivity contribution in [2.75, 3.05) is 159 Å². The van der Waals surface area contributed by atoms with Crippen LogP contribution in [0.1, 0.15) is 30.0 Å². The maximum absolute atomic E-state index is 9.31. The Hall–Kier alpha value is -4.28. The number of nitrogens with zero attached hydrogens (tertiary/aromatic N) is 3. The number of ether oxygens (including phenoxy) is 6. The third-order valence-corrected chi connectivity index (χ3v) is 10.1. The lowest BCUT2D eigenvalue weighted by Gasteiger charge is -2.39. The summed E-state index contributed by atoms with van der Waals surface area (Å²) in [4.78, 5) is 6.63. The highest BCUT2D eigenvalue weighted by molar-refractivity contribution is 5.64. The molecule has 0 saturated heterocycles. The fourth-order valence-corrected chi connectivity index (χ4v) is 6.93. The zero-order valence-corrected chi connectivity index (χ0v) is 36.6. The van der Waals surface area contributed by atoms with E-state index in [1.54, 1.807) is 0 Å². The number of hydrogen-bond donors (Lipinski definition) is 4. The largest absolute Gasteiger partial charge is 0.394 e. The molecule has 0 bridgehead atoms. The second kappa shape index (κ2) is 29.1. The van der Waals surface area contributed by atoms with E-state index >= 15 is 0 Å². The predicted octanol–water partition coefficient (Wildman–Crippen LogP) is 5.26. The van der Waals surface area contributed by atoms with Gasteiger partial charge in [0.15, 0.2) is 0 Å². The molecule has 0 aliphatic heterocycles. The van der Waals surface area contributed by atoms with E-state index in [0.29, 0.717) is 92.2 Å². The minimum atomic E-state index is -0.803. The Kier molecular flexibility index (Phi) is 23.6. The molecule has 4 rings (SSSR count). The van der Waals surface area contributed by atoms with Crippen LogP contribution in [-0.4, -0.2) is 155 Å². The monoisotopic (exact) mass is 847 g/mol. The minimum Gasteiger partial charge on any atom is -0.394 e. The maximum atomic E-state index is 9.31. The number of nitrogens with one attached hydrogen (secondary N) is 1. The van der Waals surface area contributed by atoms with E-state index in [9.17, 15) is 5.11 Å². The molecular weight excluding hydrogens is 777 g/mol. The molecule has 0 spiro atoms. The Labute approximate surface area is 363 Å². The van der Waals surface area contributed by atoms with E-state index in [0.717, 1.165) is 52.5 Å². The molecule has 1 unspecified atom stereocenters. The lowest BCUT2D eigenvalue weighted by Crippen LogP contribution is -2.38. The molecule has 13 heteroatoms. The Bertz CT molecular complexity index is 1610. The van der Waals surface area contributed by atoms with E-state index in [2.05, 4.69) is 112 Å². The summed E-state index contributed by atoms with van der Waals surface area (Å²) in [6.45, 7) is 10.2. The van der Waals surface area contributed by atoms with E-state index in [4.69, 9.17) is 38.6 Å². The number of aliphatic hydroxyl groups excluding tert-OH is 3. The molecule has 61 heavy (non-hydrogen) atoms. The van der Waals surface area contributed by atoms with Gasteiger partial charge in [0.1, 0.15) is 5.54 Å². The highest BCUT2D eigenvalue weighted by Crippen LogP contribution is 2.42. The summed E-state index contributed by atoms with van der Waals surface area (Å²) < 4.78 is 34.1. The van der Waals surface area contributed by atoms with Gasteiger partial charge in [-0.25, -0.2) is 0 Å². The Morgan fingerprint density at radius 3 is 1.13 bits per heavy atom. The molecule has 4 aromatic rings. The number of aliphatic hydroxyl groups is 3. The van der Waals surface area contributed by atoms with Crippen LogP contribution in [0.15, 0.2) is 103 Å². The van der Waals surface area contributed by atoms with Crippen molar-refractivity contribution in [1.82, 2.24) is 0 Å². The minimum absolute atomic E-state index is 0.00159. The quantitative estimate of drug-likeness (QED) is 0.0360. The van der Waals surface area contributed by atoms with E-state index in [1.807, 2.05) is 32.3 Å². The van der Waals surface area contributed by atoms with Crippen LogP contribution in [0.5, 0.6) is 0 Å². The van der Waals surface area contributed by atoms with Crippen LogP contribution in [-0.2, 0) is 34.0 Å². The number of benzene rings is 4. The van der Waals surface area contributed by atoms with Crippen LogP contribution in [0.3, 0.4) is 0 Å². The van der Waals surface area contributed by atoms with Gasteiger partial charge in [0.05, 0.1) is 92.5 Å². The van der Waals surface area contributed by atoms with Crippen molar-refractivity contribution in [3.63, 3.8) is 0 Å². The molecule has 4 N–H and O–H groups in total. The van der Waals surface area contributed by atoms with Gasteiger partial charge in [0.2, 0.25) is 0 Å². The maximum Gasteiger partial charge on any atom is 0.114 e. The highest BCUT2D eigenvalue weighted by Gasteiger charge is 2.37. The number of rotatable bonds is 34. The molecule has 1 atom stereocenters. The normalized spacial score (nSPS) is 12.3. The molecule has 0 aliphatic carbocycles. The molecule has 0 aliphatic rings. The molecule has 0 heterocycles. The Morgan fingerprint density at radius 2 is 0.770 bits per heavy atom. The molecule has 0 radical (unpaired) electrons. The van der Waals surface area contributed by atoms with Crippen molar-refractivity contribution in [1.29, 1.82) is 0 Å². The van der Waals surface area contributed by atoms with Crippen molar-refractivity contribution in [2.45, 2.75) is 18.9 Å². The number of anilines is 4. The van der Waals surface area contributed by atoms with Gasteiger partial charge in [-0.1, -0.05) is 61.5 Å². The lowest BCUT2D eigenvalue weighted by molar-refractivity contribution is 0.0347. The van der Waals surface area contributed by atoms with Crippen molar-refractivity contribution < 1.29 is 43.7 Å². The van der Waals surface area contributed by atoms with Gasteiger partial charge in [-0.2, -0.15) is 0 Å². The van der Waals surface area contributed by atoms with Crippen LogP contribution in [0.2, 0.25) is 0 Å². The molecule has 13 nitrogen and oxygen atoms in total. The Balaban J connectivity index is 1.73. The molecule has 0 aromatic heterocycles. The van der Waals surface area contributed by atoms with Gasteiger partial charge in [-0.05, 0) is 71.6 Å². The van der Waals surface area contributed by atoms with Crippen molar-refractivity contribution in [3.05, 3.63) is 120 Å². The predicted molar refractivity (Wildman–Crippen MR) is 244 cm³/mol. The van der Waals surface area contributed by atoms with E-state index < -0.39 is 5.54 Å². The molecule has 336 valence electrons. The van der Waals surface area contributed by atoms with Crippen molar-refractivity contribution in [3.8, 4) is 0 Å². The molecule has 0 saturated carbocycles. The zero-order valence-electron chi connectivity index (χ0n) is 36.6. The molecular formula is C48H70N4O9. The van der Waals surface area contributed by atoms with E-state index in [1.165, 1.54) is 0 Å². The summed E-state index contributed by atoms with van der Waals surface area (Å²) in [6.07, 6.45) is 0.965. The van der Waals surface area contributed by atoms with Crippen LogP contribution < -0.4 is 20.0 Å². The highest BCUT2D eigenvalue weighted by atomic mass is 16.5. The summed E-state index contributed by atoms with van der Waals surface area (Å²) in [5.41, 5.74) is 6.57. The fourth-order valence-electron chi connectivity index (χ4n) is 6.93. The van der Waals surface area contributed by atoms with Crippen LogP contribution in [0, 0.1) is 0 Å². The van der Waals surface area contributed by atoms with E-state index in [-0.39, 0.29) is 26.4 Å². The topological polar surface area (TPSA) is 138 Å². The molecule has 0 amide bonds. The summed E-state index contributed by atoms with van der Waals surface area (Å²) in [7, 11) is 4.10. The van der Waals surface area contributed by atoms with Crippen LogP contribution in [0.25, 0.3) is 0 Å². The average molecular weight is 847 g/mol. The molecule has 4 aromatic carbocycles. The Morgan fingerprint density at radius 1 is 0.426 bits per heavy atom. The fraction of sp³-hybridized carbons (Fsp3) is 0.500. The van der Waals surface area contributed by atoms with Gasteiger partial charge in [-0.15, -0.1) is 0 Å². The first-order chi connectivity index (χ1) is 30.0. The second-order valence-electron chi connectivity index (χ2n) is 14.6. The van der Waals surface area contributed by atoms with Gasteiger partial charge in [-0.3, -0.25) is 0 Å². The average Bonchev–Trinajstić information content (AvgIpc) is 3.29.